The number of pyridine rings is 1. The maximum Gasteiger partial charge on any atom is 0.165 e. The molecule has 11 aromatic rings. The van der Waals surface area contributed by atoms with Crippen LogP contribution in [0, 0.1) is 19.9 Å². The molecule has 0 bridgehead atoms. The van der Waals surface area contributed by atoms with Crippen LogP contribution in [0.1, 0.15) is 11.1 Å². The van der Waals surface area contributed by atoms with Crippen LogP contribution < -0.4 is 0 Å². The number of benzene rings is 9. The van der Waals surface area contributed by atoms with Crippen molar-refractivity contribution in [3.05, 3.63) is 252 Å². The Balaban J connectivity index is 0.00000567. The van der Waals surface area contributed by atoms with Crippen molar-refractivity contribution >= 4 is 15.9 Å². The Bertz CT molecular complexity index is 3340. The minimum Gasteiger partial charge on any atom is -0.304 e. The zero-order chi connectivity index (χ0) is 46.7. The van der Waals surface area contributed by atoms with Crippen molar-refractivity contribution < 1.29 is 20.1 Å². The van der Waals surface area contributed by atoms with Gasteiger partial charge in [0.2, 0.25) is 0 Å². The van der Waals surface area contributed by atoms with Crippen LogP contribution in [0.2, 0.25) is 0 Å². The summed E-state index contributed by atoms with van der Waals surface area (Å²) in [6.45, 7) is 4.29. The topological polar surface area (TPSA) is 51.6 Å². The van der Waals surface area contributed by atoms with Gasteiger partial charge in [0.05, 0.1) is 0 Å². The average Bonchev–Trinajstić information content (AvgIpc) is 3.41. The first-order chi connectivity index (χ1) is 33.9. The van der Waals surface area contributed by atoms with Gasteiger partial charge >= 0.3 is 0 Å². The molecule has 0 aliphatic heterocycles. The third kappa shape index (κ3) is 9.90. The number of aryl methyl sites for hydroxylation is 2. The van der Waals surface area contributed by atoms with Crippen molar-refractivity contribution in [1.82, 2.24) is 19.9 Å². The van der Waals surface area contributed by atoms with E-state index in [-0.39, 0.29) is 20.1 Å². The van der Waals surface area contributed by atoms with Crippen molar-refractivity contribution in [3.8, 4) is 112 Å². The van der Waals surface area contributed by atoms with Crippen LogP contribution in [0.4, 0.5) is 0 Å². The van der Waals surface area contributed by atoms with Crippen molar-refractivity contribution in [3.63, 3.8) is 0 Å². The van der Waals surface area contributed by atoms with Gasteiger partial charge in [0, 0.05) is 43.0 Å². The maximum absolute atomic E-state index is 5.33. The summed E-state index contributed by atoms with van der Waals surface area (Å²) >= 11 is 3.93. The predicted octanol–water partition coefficient (Wildman–Crippen LogP) is 17.1. The third-order valence-corrected chi connectivity index (χ3v) is 13.1. The molecule has 2 aromatic heterocycles. The number of nitrogens with zero attached hydrogens (tertiary/aromatic N) is 4. The van der Waals surface area contributed by atoms with E-state index in [1.165, 1.54) is 22.3 Å². The number of halogens is 1. The van der Waals surface area contributed by atoms with Gasteiger partial charge in [-0.15, -0.1) is 23.8 Å². The summed E-state index contributed by atoms with van der Waals surface area (Å²) in [5.41, 5.74) is 20.0. The number of aromatic nitrogens is 4. The molecule has 0 saturated carbocycles. The molecule has 0 amide bonds. The SMILES string of the molecule is Cc1cc(C)cc(-c2ccccc2-c2c[c-]c(-c3ccc(-c4nc(-c5cc(-c6ccccc6)cc(-c6ccccc6)c5)nc(-c5cc(-c6ccccc6)cc(-c6ccccc6)c5)n4)cn3)cc2Br)c1.[Ir]. The van der Waals surface area contributed by atoms with E-state index in [2.05, 4.69) is 224 Å². The molecule has 0 aliphatic carbocycles. The molecule has 0 spiro atoms. The minimum absolute atomic E-state index is 0. The number of hydrogen-bond acceptors (Lipinski definition) is 4. The third-order valence-electron chi connectivity index (χ3n) is 12.4. The summed E-state index contributed by atoms with van der Waals surface area (Å²) in [5, 5.41) is 0. The Morgan fingerprint density at radius 3 is 1.16 bits per heavy atom. The van der Waals surface area contributed by atoms with E-state index in [4.69, 9.17) is 19.9 Å². The fourth-order valence-electron chi connectivity index (χ4n) is 9.07. The quantitative estimate of drug-likeness (QED) is 0.128. The van der Waals surface area contributed by atoms with Crippen LogP contribution in [-0.4, -0.2) is 19.9 Å². The van der Waals surface area contributed by atoms with E-state index in [0.29, 0.717) is 17.5 Å². The monoisotopic (exact) mass is 1140 g/mol. The molecule has 1 radical (unpaired) electrons. The summed E-state index contributed by atoms with van der Waals surface area (Å²) in [6, 6.07) is 82.1. The van der Waals surface area contributed by atoms with Gasteiger partial charge in [0.25, 0.3) is 0 Å². The molecule has 337 valence electrons. The van der Waals surface area contributed by atoms with Crippen LogP contribution in [0.15, 0.2) is 235 Å². The van der Waals surface area contributed by atoms with Crippen LogP contribution in [0.5, 0.6) is 0 Å². The van der Waals surface area contributed by atoms with Gasteiger partial charge in [0.1, 0.15) is 0 Å². The van der Waals surface area contributed by atoms with Gasteiger partial charge in [-0.25, -0.2) is 15.0 Å². The normalized spacial score (nSPS) is 11.0. The second-order valence-corrected chi connectivity index (χ2v) is 18.2. The van der Waals surface area contributed by atoms with Gasteiger partial charge in [-0.3, -0.25) is 0 Å². The van der Waals surface area contributed by atoms with Gasteiger partial charge in [-0.1, -0.05) is 219 Å². The fourth-order valence-corrected chi connectivity index (χ4v) is 9.63. The molecule has 0 N–H and O–H groups in total. The average molecular weight is 1140 g/mol. The Kier molecular flexibility index (Phi) is 13.5. The van der Waals surface area contributed by atoms with E-state index in [0.717, 1.165) is 88.1 Å². The molecule has 0 unspecified atom stereocenters. The van der Waals surface area contributed by atoms with Gasteiger partial charge in [-0.05, 0) is 112 Å². The molecule has 4 nitrogen and oxygen atoms in total. The molecular weight excluding hydrogens is 1100 g/mol. The summed E-state index contributed by atoms with van der Waals surface area (Å²) < 4.78 is 0.964. The first-order valence-electron chi connectivity index (χ1n) is 23.0. The minimum atomic E-state index is 0. The molecular formula is C64H44BrIrN4-. The molecule has 11 rings (SSSR count). The molecule has 0 fully saturated rings. The van der Waals surface area contributed by atoms with Crippen molar-refractivity contribution in [2.24, 2.45) is 0 Å². The van der Waals surface area contributed by atoms with Crippen LogP contribution in [0.25, 0.3) is 112 Å². The van der Waals surface area contributed by atoms with Crippen LogP contribution in [0.3, 0.4) is 0 Å². The zero-order valence-corrected chi connectivity index (χ0v) is 42.4. The molecule has 70 heavy (non-hydrogen) atoms. The second-order valence-electron chi connectivity index (χ2n) is 17.3. The number of hydrogen-bond donors (Lipinski definition) is 0. The Morgan fingerprint density at radius 1 is 0.343 bits per heavy atom. The maximum atomic E-state index is 5.33. The van der Waals surface area contributed by atoms with Crippen molar-refractivity contribution in [2.75, 3.05) is 0 Å². The van der Waals surface area contributed by atoms with E-state index < -0.39 is 0 Å². The fraction of sp³-hybridized carbons (Fsp3) is 0.0312. The first kappa shape index (κ1) is 46.0. The van der Waals surface area contributed by atoms with Gasteiger partial charge < -0.3 is 4.98 Å². The molecule has 2 heterocycles. The zero-order valence-electron chi connectivity index (χ0n) is 38.4. The van der Waals surface area contributed by atoms with Crippen molar-refractivity contribution in [1.29, 1.82) is 0 Å². The second kappa shape index (κ2) is 20.5. The Hall–Kier alpha value is -7.73. The Morgan fingerprint density at radius 2 is 0.743 bits per heavy atom. The summed E-state index contributed by atoms with van der Waals surface area (Å²) in [5.74, 6) is 1.65. The van der Waals surface area contributed by atoms with E-state index in [1.54, 1.807) is 0 Å². The summed E-state index contributed by atoms with van der Waals surface area (Å²) in [7, 11) is 0. The summed E-state index contributed by atoms with van der Waals surface area (Å²) in [4.78, 5) is 20.9. The van der Waals surface area contributed by atoms with E-state index >= 15 is 0 Å². The largest absolute Gasteiger partial charge is 0.304 e. The molecule has 0 saturated heterocycles. The van der Waals surface area contributed by atoms with Gasteiger partial charge in [-0.2, -0.15) is 0 Å². The predicted molar refractivity (Wildman–Crippen MR) is 288 cm³/mol. The number of rotatable bonds is 10. The van der Waals surface area contributed by atoms with Crippen LogP contribution >= 0.6 is 15.9 Å². The van der Waals surface area contributed by atoms with E-state index in [1.807, 2.05) is 42.6 Å². The van der Waals surface area contributed by atoms with E-state index in [9.17, 15) is 0 Å². The molecule has 6 heteroatoms. The smallest absolute Gasteiger partial charge is 0.165 e. The Labute approximate surface area is 431 Å². The standard InChI is InChI=1S/C64H44BrN4.Ir/c1-42-31-43(2)33-54(32-42)57-25-15-16-26-58(57)59-29-27-48(40-60(59)65)61-30-28-49(41-66-61)62-67-63(55-36-50(44-17-7-3-8-18-44)34-51(37-55)45-19-9-4-10-20-45)69-64(68-62)56-38-52(46-21-11-5-12-22-46)35-53(39-56)47-23-13-6-14-24-47;/h3-26,28-41H,1-2H3;/q-1;. The molecule has 0 aliphatic rings. The van der Waals surface area contributed by atoms with Crippen molar-refractivity contribution in [2.45, 2.75) is 13.8 Å². The first-order valence-corrected chi connectivity index (χ1v) is 23.8. The van der Waals surface area contributed by atoms with Gasteiger partial charge in [0.15, 0.2) is 17.5 Å². The molecule has 0 atom stereocenters. The summed E-state index contributed by atoms with van der Waals surface area (Å²) in [6.07, 6.45) is 1.86. The van der Waals surface area contributed by atoms with Crippen LogP contribution in [-0.2, 0) is 20.1 Å². The molecule has 9 aromatic carbocycles.